The summed E-state index contributed by atoms with van der Waals surface area (Å²) in [6.07, 6.45) is 1.74. The van der Waals surface area contributed by atoms with Crippen LogP contribution >= 0.6 is 0 Å². The average Bonchev–Trinajstić information content (AvgIpc) is 2.91. The van der Waals surface area contributed by atoms with Gasteiger partial charge in [-0.05, 0) is 90.0 Å². The zero-order chi connectivity index (χ0) is 25.6. The van der Waals surface area contributed by atoms with Crippen LogP contribution in [0.2, 0.25) is 0 Å². The fraction of sp³-hybridized carbons (Fsp3) is 0.600. The van der Waals surface area contributed by atoms with Gasteiger partial charge < -0.3 is 24.7 Å². The summed E-state index contributed by atoms with van der Waals surface area (Å²) in [6, 6.07) is 13.1. The third kappa shape index (κ3) is 5.35. The fourth-order valence-electron chi connectivity index (χ4n) is 4.72. The number of nitrogens with two attached hydrogens (primary N) is 1. The molecule has 1 aliphatic heterocycles. The summed E-state index contributed by atoms with van der Waals surface area (Å²) in [6.45, 7) is 17.3. The fourth-order valence-corrected chi connectivity index (χ4v) is 4.72. The molecule has 35 heavy (non-hydrogen) atoms. The van der Waals surface area contributed by atoms with E-state index < -0.39 is 6.29 Å². The predicted molar refractivity (Wildman–Crippen MR) is 140 cm³/mol. The zero-order valence-corrected chi connectivity index (χ0v) is 22.7. The van der Waals surface area contributed by atoms with Gasteiger partial charge in [0.2, 0.25) is 0 Å². The second kappa shape index (κ2) is 9.60. The molecular formula is C30H43NO4. The normalized spacial score (nSPS) is 22.4. The van der Waals surface area contributed by atoms with Crippen LogP contribution in [0.1, 0.15) is 96.6 Å². The van der Waals surface area contributed by atoms with Crippen LogP contribution in [-0.2, 0) is 31.8 Å². The van der Waals surface area contributed by atoms with Crippen molar-refractivity contribution in [3.63, 3.8) is 0 Å². The minimum atomic E-state index is -0.398. The monoisotopic (exact) mass is 481 g/mol. The highest BCUT2D eigenvalue weighted by Crippen LogP contribution is 2.46. The van der Waals surface area contributed by atoms with E-state index in [4.69, 9.17) is 24.7 Å². The molecule has 2 atom stereocenters. The van der Waals surface area contributed by atoms with Crippen molar-refractivity contribution in [1.82, 2.24) is 0 Å². The Balaban J connectivity index is 1.68. The highest BCUT2D eigenvalue weighted by Gasteiger charge is 2.49. The van der Waals surface area contributed by atoms with Crippen LogP contribution in [0.25, 0.3) is 11.1 Å². The van der Waals surface area contributed by atoms with Crippen molar-refractivity contribution in [1.29, 1.82) is 0 Å². The maximum absolute atomic E-state index is 6.64. The molecule has 1 saturated heterocycles. The van der Waals surface area contributed by atoms with Crippen LogP contribution in [-0.4, -0.2) is 29.5 Å². The van der Waals surface area contributed by atoms with Crippen molar-refractivity contribution in [2.24, 2.45) is 5.73 Å². The van der Waals surface area contributed by atoms with E-state index in [1.54, 1.807) is 0 Å². The molecule has 4 rings (SSSR count). The Morgan fingerprint density at radius 1 is 0.943 bits per heavy atom. The molecule has 2 aliphatic rings. The number of ether oxygens (including phenoxy) is 4. The lowest BCUT2D eigenvalue weighted by Crippen LogP contribution is -2.41. The number of rotatable bonds is 7. The Morgan fingerprint density at radius 2 is 1.51 bits per heavy atom. The van der Waals surface area contributed by atoms with E-state index in [0.29, 0.717) is 6.61 Å². The summed E-state index contributed by atoms with van der Waals surface area (Å²) < 4.78 is 25.0. The van der Waals surface area contributed by atoms with E-state index in [9.17, 15) is 0 Å². The zero-order valence-electron chi connectivity index (χ0n) is 22.7. The average molecular weight is 482 g/mol. The minimum absolute atomic E-state index is 0.0253. The molecule has 5 heteroatoms. The van der Waals surface area contributed by atoms with Gasteiger partial charge in [-0.15, -0.1) is 0 Å². The van der Waals surface area contributed by atoms with Crippen molar-refractivity contribution in [2.45, 2.75) is 110 Å². The molecule has 0 aromatic heterocycles. The van der Waals surface area contributed by atoms with Gasteiger partial charge in [0.25, 0.3) is 0 Å². The van der Waals surface area contributed by atoms with Crippen LogP contribution in [0, 0.1) is 0 Å². The Labute approximate surface area is 211 Å². The largest absolute Gasteiger partial charge is 0.349 e. The Bertz CT molecular complexity index is 1040. The predicted octanol–water partition coefficient (Wildman–Crippen LogP) is 6.62. The minimum Gasteiger partial charge on any atom is -0.349 e. The second-order valence-corrected chi connectivity index (χ2v) is 11.6. The smallest absolute Gasteiger partial charge is 0.185 e. The number of fused-ring (bicyclic) bond motifs is 3. The maximum Gasteiger partial charge on any atom is 0.185 e. The van der Waals surface area contributed by atoms with Crippen molar-refractivity contribution in [3.05, 3.63) is 58.7 Å². The van der Waals surface area contributed by atoms with Crippen LogP contribution in [0.3, 0.4) is 0 Å². The van der Waals surface area contributed by atoms with E-state index in [0.717, 1.165) is 30.4 Å². The molecule has 0 amide bonds. The van der Waals surface area contributed by atoms with Crippen molar-refractivity contribution >= 4 is 0 Å². The molecule has 0 saturated carbocycles. The summed E-state index contributed by atoms with van der Waals surface area (Å²) in [5.41, 5.74) is 12.6. The highest BCUT2D eigenvalue weighted by atomic mass is 16.7. The molecule has 192 valence electrons. The van der Waals surface area contributed by atoms with Gasteiger partial charge in [0.1, 0.15) is 0 Å². The summed E-state index contributed by atoms with van der Waals surface area (Å²) in [5, 5.41) is 0. The SMILES string of the molecule is CCOC(OC(C)(C)CC)c1ccc2c(c1)CC(N)Cc1cc(C3OC(C)(C)C(C)(C)O3)ccc1-2. The third-order valence-electron chi connectivity index (χ3n) is 7.91. The standard InChI is InChI=1S/C30H43NO4/c1-9-28(3,4)33-26(32-10-2)19-11-13-24-21(15-19)17-23(31)18-22-16-20(12-14-25(22)24)27-34-29(5,6)30(7,8)35-27/h11-16,23,26-27H,9-10,17-18,31H2,1-8H3. The first-order chi connectivity index (χ1) is 16.4. The maximum atomic E-state index is 6.64. The van der Waals surface area contributed by atoms with E-state index in [1.807, 2.05) is 6.92 Å². The van der Waals surface area contributed by atoms with Gasteiger partial charge >= 0.3 is 0 Å². The molecular weight excluding hydrogens is 438 g/mol. The number of hydrogen-bond donors (Lipinski definition) is 1. The van der Waals surface area contributed by atoms with E-state index >= 15 is 0 Å². The highest BCUT2D eigenvalue weighted by molar-refractivity contribution is 5.73. The first-order valence-corrected chi connectivity index (χ1v) is 13.0. The summed E-state index contributed by atoms with van der Waals surface area (Å²) in [7, 11) is 0. The molecule has 0 radical (unpaired) electrons. The van der Waals surface area contributed by atoms with Crippen LogP contribution < -0.4 is 5.73 Å². The number of benzene rings is 2. The van der Waals surface area contributed by atoms with Gasteiger partial charge in [0.15, 0.2) is 12.6 Å². The lowest BCUT2D eigenvalue weighted by Gasteiger charge is -2.30. The first-order valence-electron chi connectivity index (χ1n) is 13.0. The van der Waals surface area contributed by atoms with Crippen molar-refractivity contribution in [2.75, 3.05) is 6.61 Å². The lowest BCUT2D eigenvalue weighted by molar-refractivity contribution is -0.204. The van der Waals surface area contributed by atoms with Gasteiger partial charge in [-0.25, -0.2) is 0 Å². The molecule has 0 spiro atoms. The Hall–Kier alpha value is -1.76. The van der Waals surface area contributed by atoms with Gasteiger partial charge in [-0.2, -0.15) is 0 Å². The Kier molecular flexibility index (Phi) is 7.22. The van der Waals surface area contributed by atoms with Crippen LogP contribution in [0.5, 0.6) is 0 Å². The van der Waals surface area contributed by atoms with E-state index in [2.05, 4.69) is 84.9 Å². The Morgan fingerprint density at radius 3 is 2.09 bits per heavy atom. The van der Waals surface area contributed by atoms with Gasteiger partial charge in [0.05, 0.1) is 16.8 Å². The van der Waals surface area contributed by atoms with Crippen LogP contribution in [0.4, 0.5) is 0 Å². The molecule has 2 aromatic rings. The summed E-state index contributed by atoms with van der Waals surface area (Å²) >= 11 is 0. The summed E-state index contributed by atoms with van der Waals surface area (Å²) in [5.74, 6) is 0. The quantitative estimate of drug-likeness (QED) is 0.450. The van der Waals surface area contributed by atoms with E-state index in [1.165, 1.54) is 22.3 Å². The topological polar surface area (TPSA) is 62.9 Å². The molecule has 1 aliphatic carbocycles. The first kappa shape index (κ1) is 26.3. The molecule has 2 unspecified atom stereocenters. The van der Waals surface area contributed by atoms with Crippen molar-refractivity contribution < 1.29 is 18.9 Å². The van der Waals surface area contributed by atoms with Crippen molar-refractivity contribution in [3.8, 4) is 11.1 Å². The van der Waals surface area contributed by atoms with Gasteiger partial charge in [0, 0.05) is 23.8 Å². The van der Waals surface area contributed by atoms with Gasteiger partial charge in [-0.1, -0.05) is 43.3 Å². The van der Waals surface area contributed by atoms with Gasteiger partial charge in [-0.3, -0.25) is 0 Å². The number of hydrogen-bond acceptors (Lipinski definition) is 5. The molecule has 5 nitrogen and oxygen atoms in total. The van der Waals surface area contributed by atoms with Crippen LogP contribution in [0.15, 0.2) is 36.4 Å². The molecule has 2 aromatic carbocycles. The lowest BCUT2D eigenvalue weighted by atomic mass is 9.90. The van der Waals surface area contributed by atoms with E-state index in [-0.39, 0.29) is 29.1 Å². The molecule has 1 fully saturated rings. The summed E-state index contributed by atoms with van der Waals surface area (Å²) in [4.78, 5) is 0. The molecule has 2 N–H and O–H groups in total. The third-order valence-corrected chi connectivity index (χ3v) is 7.91. The molecule has 1 heterocycles. The molecule has 0 bridgehead atoms. The second-order valence-electron chi connectivity index (χ2n) is 11.6.